The molecule has 0 spiro atoms. The SMILES string of the molecule is Cc1cc(=O)[nH]c(S[C@H](C)C(=O)N2CCC(c3ncc[nH]3)CC2)n1. The van der Waals surface area contributed by atoms with E-state index in [0.717, 1.165) is 31.8 Å². The van der Waals surface area contributed by atoms with Gasteiger partial charge in [-0.1, -0.05) is 11.8 Å². The second kappa shape index (κ2) is 7.21. The topological polar surface area (TPSA) is 94.7 Å². The van der Waals surface area contributed by atoms with Crippen LogP contribution in [-0.4, -0.2) is 49.1 Å². The number of hydrogen-bond acceptors (Lipinski definition) is 5. The summed E-state index contributed by atoms with van der Waals surface area (Å²) in [6, 6.07) is 1.44. The third-order valence-electron chi connectivity index (χ3n) is 4.20. The summed E-state index contributed by atoms with van der Waals surface area (Å²) < 4.78 is 0. The molecule has 2 aromatic rings. The molecular formula is C16H21N5O2S. The van der Waals surface area contributed by atoms with Crippen LogP contribution in [0.5, 0.6) is 0 Å². The molecule has 0 unspecified atom stereocenters. The van der Waals surface area contributed by atoms with Crippen molar-refractivity contribution in [3.8, 4) is 0 Å². The highest BCUT2D eigenvalue weighted by atomic mass is 32.2. The van der Waals surface area contributed by atoms with Crippen molar-refractivity contribution in [3.05, 3.63) is 40.3 Å². The molecule has 0 saturated carbocycles. The molecule has 24 heavy (non-hydrogen) atoms. The van der Waals surface area contributed by atoms with Gasteiger partial charge in [0.2, 0.25) is 5.91 Å². The van der Waals surface area contributed by atoms with Gasteiger partial charge in [-0.25, -0.2) is 9.97 Å². The standard InChI is InChI=1S/C16H21N5O2S/c1-10-9-13(22)20-16(19-10)24-11(2)15(23)21-7-3-12(4-8-21)14-17-5-6-18-14/h5-6,9,11-12H,3-4,7-8H2,1-2H3,(H,17,18)(H,19,20,22)/t11-/m1/s1. The summed E-state index contributed by atoms with van der Waals surface area (Å²) in [4.78, 5) is 40.4. The second-order valence-corrected chi connectivity index (χ2v) is 7.36. The molecule has 8 heteroatoms. The number of rotatable bonds is 4. The van der Waals surface area contributed by atoms with Gasteiger partial charge in [0.25, 0.3) is 5.56 Å². The highest BCUT2D eigenvalue weighted by Gasteiger charge is 2.28. The van der Waals surface area contributed by atoms with Crippen molar-refractivity contribution < 1.29 is 4.79 Å². The number of H-pyrrole nitrogens is 2. The summed E-state index contributed by atoms with van der Waals surface area (Å²) in [5.74, 6) is 1.48. The number of piperidine rings is 1. The maximum Gasteiger partial charge on any atom is 0.251 e. The molecule has 0 bridgehead atoms. The van der Waals surface area contributed by atoms with Gasteiger partial charge in [0.1, 0.15) is 5.82 Å². The molecule has 2 N–H and O–H groups in total. The van der Waals surface area contributed by atoms with Crippen molar-refractivity contribution in [1.29, 1.82) is 0 Å². The predicted molar refractivity (Wildman–Crippen MR) is 92.1 cm³/mol. The summed E-state index contributed by atoms with van der Waals surface area (Å²) in [5.41, 5.74) is 0.462. The Kier molecular flexibility index (Phi) is 5.03. The van der Waals surface area contributed by atoms with Gasteiger partial charge >= 0.3 is 0 Å². The lowest BCUT2D eigenvalue weighted by Crippen LogP contribution is -2.42. The van der Waals surface area contributed by atoms with E-state index in [1.165, 1.54) is 17.8 Å². The van der Waals surface area contributed by atoms with Crippen molar-refractivity contribution in [2.45, 2.75) is 43.0 Å². The molecule has 3 rings (SSSR count). The van der Waals surface area contributed by atoms with E-state index in [9.17, 15) is 9.59 Å². The van der Waals surface area contributed by atoms with Gasteiger partial charge in [0.05, 0.1) is 5.25 Å². The number of thioether (sulfide) groups is 1. The number of imidazole rings is 1. The van der Waals surface area contributed by atoms with Crippen molar-refractivity contribution >= 4 is 17.7 Å². The number of likely N-dealkylation sites (tertiary alicyclic amines) is 1. The minimum Gasteiger partial charge on any atom is -0.348 e. The van der Waals surface area contributed by atoms with Crippen LogP contribution in [-0.2, 0) is 4.79 Å². The van der Waals surface area contributed by atoms with Crippen molar-refractivity contribution in [3.63, 3.8) is 0 Å². The van der Waals surface area contributed by atoms with Crippen LogP contribution in [0.15, 0.2) is 28.4 Å². The molecular weight excluding hydrogens is 326 g/mol. The molecule has 7 nitrogen and oxygen atoms in total. The second-order valence-electron chi connectivity index (χ2n) is 6.03. The van der Waals surface area contributed by atoms with Crippen LogP contribution in [0.1, 0.15) is 37.2 Å². The lowest BCUT2D eigenvalue weighted by atomic mass is 9.96. The molecule has 1 fully saturated rings. The van der Waals surface area contributed by atoms with Crippen LogP contribution in [0, 0.1) is 6.92 Å². The number of aromatic nitrogens is 4. The Morgan fingerprint density at radius 3 is 2.79 bits per heavy atom. The average molecular weight is 347 g/mol. The maximum absolute atomic E-state index is 12.6. The number of amides is 1. The molecule has 2 aromatic heterocycles. The van der Waals surface area contributed by atoms with Gasteiger partial charge in [0.15, 0.2) is 5.16 Å². The van der Waals surface area contributed by atoms with Crippen LogP contribution in [0.25, 0.3) is 0 Å². The summed E-state index contributed by atoms with van der Waals surface area (Å²) in [5, 5.41) is 0.210. The largest absolute Gasteiger partial charge is 0.348 e. The van der Waals surface area contributed by atoms with Gasteiger partial charge in [0, 0.05) is 43.2 Å². The van der Waals surface area contributed by atoms with Crippen LogP contribution >= 0.6 is 11.8 Å². The number of aromatic amines is 2. The monoisotopic (exact) mass is 347 g/mol. The number of hydrogen-bond donors (Lipinski definition) is 2. The van der Waals surface area contributed by atoms with Crippen LogP contribution < -0.4 is 5.56 Å². The third kappa shape index (κ3) is 3.87. The van der Waals surface area contributed by atoms with Crippen molar-refractivity contribution in [2.24, 2.45) is 0 Å². The molecule has 1 aliphatic heterocycles. The normalized spacial score (nSPS) is 17.0. The number of carbonyl (C=O) groups is 1. The smallest absolute Gasteiger partial charge is 0.251 e. The van der Waals surface area contributed by atoms with E-state index in [2.05, 4.69) is 19.9 Å². The summed E-state index contributed by atoms with van der Waals surface area (Å²) in [6.07, 6.45) is 5.43. The molecule has 0 radical (unpaired) electrons. The molecule has 0 aromatic carbocycles. The molecule has 1 aliphatic rings. The first kappa shape index (κ1) is 16.8. The lowest BCUT2D eigenvalue weighted by Gasteiger charge is -2.32. The van der Waals surface area contributed by atoms with Crippen molar-refractivity contribution in [2.75, 3.05) is 13.1 Å². The van der Waals surface area contributed by atoms with E-state index < -0.39 is 0 Å². The highest BCUT2D eigenvalue weighted by Crippen LogP contribution is 2.27. The van der Waals surface area contributed by atoms with Gasteiger partial charge in [-0.05, 0) is 26.7 Å². The molecule has 1 saturated heterocycles. The zero-order valence-corrected chi connectivity index (χ0v) is 14.6. The summed E-state index contributed by atoms with van der Waals surface area (Å²) in [6.45, 7) is 5.08. The molecule has 1 atom stereocenters. The van der Waals surface area contributed by atoms with Gasteiger partial charge in [-0.2, -0.15) is 0 Å². The first-order valence-electron chi connectivity index (χ1n) is 8.05. The number of nitrogens with one attached hydrogen (secondary N) is 2. The Morgan fingerprint density at radius 1 is 1.42 bits per heavy atom. The van der Waals surface area contributed by atoms with Gasteiger partial charge in [-0.15, -0.1) is 0 Å². The minimum absolute atomic E-state index is 0.0852. The van der Waals surface area contributed by atoms with Gasteiger partial charge < -0.3 is 14.9 Å². The predicted octanol–water partition coefficient (Wildman–Crippen LogP) is 1.69. The van der Waals surface area contributed by atoms with E-state index in [4.69, 9.17) is 0 Å². The zero-order valence-electron chi connectivity index (χ0n) is 13.8. The lowest BCUT2D eigenvalue weighted by molar-refractivity contribution is -0.131. The van der Waals surface area contributed by atoms with E-state index in [-0.39, 0.29) is 16.7 Å². The first-order valence-corrected chi connectivity index (χ1v) is 8.93. The summed E-state index contributed by atoms with van der Waals surface area (Å²) >= 11 is 1.30. The van der Waals surface area contributed by atoms with Gasteiger partial charge in [-0.3, -0.25) is 9.59 Å². The van der Waals surface area contributed by atoms with Crippen LogP contribution in [0.4, 0.5) is 0 Å². The Morgan fingerprint density at radius 2 is 2.17 bits per heavy atom. The number of aryl methyl sites for hydroxylation is 1. The van der Waals surface area contributed by atoms with Crippen molar-refractivity contribution in [1.82, 2.24) is 24.8 Å². The fourth-order valence-electron chi connectivity index (χ4n) is 2.96. The zero-order chi connectivity index (χ0) is 17.1. The first-order chi connectivity index (χ1) is 11.5. The van der Waals surface area contributed by atoms with E-state index in [1.807, 2.05) is 18.0 Å². The molecule has 3 heterocycles. The van der Waals surface area contributed by atoms with Crippen LogP contribution in [0.3, 0.4) is 0 Å². The molecule has 0 aliphatic carbocycles. The fourth-order valence-corrected chi connectivity index (χ4v) is 3.90. The van der Waals surface area contributed by atoms with E-state index in [1.54, 1.807) is 13.1 Å². The summed E-state index contributed by atoms with van der Waals surface area (Å²) in [7, 11) is 0. The Bertz CT molecular complexity index is 750. The highest BCUT2D eigenvalue weighted by molar-refractivity contribution is 8.00. The Hall–Kier alpha value is -2.09. The maximum atomic E-state index is 12.6. The van der Waals surface area contributed by atoms with Crippen LogP contribution in [0.2, 0.25) is 0 Å². The van der Waals surface area contributed by atoms with E-state index in [0.29, 0.717) is 16.8 Å². The number of nitrogens with zero attached hydrogens (tertiary/aromatic N) is 3. The van der Waals surface area contributed by atoms with E-state index >= 15 is 0 Å². The number of carbonyl (C=O) groups excluding carboxylic acids is 1. The Balaban J connectivity index is 1.57. The fraction of sp³-hybridized carbons (Fsp3) is 0.500. The molecule has 1 amide bonds. The quantitative estimate of drug-likeness (QED) is 0.648. The minimum atomic E-state index is -0.282. The third-order valence-corrected chi connectivity index (χ3v) is 5.17. The molecule has 128 valence electrons. The Labute approximate surface area is 144 Å². The average Bonchev–Trinajstić information content (AvgIpc) is 3.07.